The quantitative estimate of drug-likeness (QED) is 0.0134. The van der Waals surface area contributed by atoms with E-state index in [9.17, 15) is 110 Å². The highest BCUT2D eigenvalue weighted by Gasteiger charge is 2.27. The van der Waals surface area contributed by atoms with Crippen LogP contribution in [0.3, 0.4) is 0 Å². The van der Waals surface area contributed by atoms with Crippen LogP contribution in [-0.4, -0.2) is 114 Å². The van der Waals surface area contributed by atoms with Gasteiger partial charge in [-0.05, 0) is 75.2 Å². The van der Waals surface area contributed by atoms with Crippen molar-refractivity contribution in [2.24, 2.45) is 0 Å². The number of hydrogen-bond acceptors (Lipinski definition) is 26. The number of carbonyl (C=O) groups is 7. The molecule has 0 fully saturated rings. The van der Waals surface area contributed by atoms with Crippen LogP contribution in [0.15, 0.2) is 195 Å². The van der Waals surface area contributed by atoms with Gasteiger partial charge in [-0.15, -0.1) is 0 Å². The van der Waals surface area contributed by atoms with Gasteiger partial charge in [-0.1, -0.05) is 74.8 Å². The number of nitro groups is 6. The zero-order valence-corrected chi connectivity index (χ0v) is 50.5. The Morgan fingerprint density at radius 1 is 0.415 bits per heavy atom. The molecular weight excluding hydrogens is 1240 g/mol. The molecule has 0 saturated heterocycles. The van der Waals surface area contributed by atoms with E-state index in [0.717, 1.165) is 6.08 Å². The molecule has 0 bridgehead atoms. The summed E-state index contributed by atoms with van der Waals surface area (Å²) < 4.78 is 18.5. The molecule has 0 amide bonds. The van der Waals surface area contributed by atoms with E-state index in [0.29, 0.717) is 42.2 Å². The SMILES string of the molecule is C=C(C(=O)OCC)C(O)c1ccc([N+](=O)[O-])cc1.C=C(C(=O)OCC)C(O)c1cccc([N+](=O)[O-])c1.C=C(C(=O)OCC)C(O)c1ccccc1[N+](=O)[O-].C=CC(=O)OCC.O=Cc1ccc([N+](=O)[O-])cc1.O=Cc1cccc([N+](=O)[O-])c1.O=Cc1ccccc1[N+](=O)[O-]. The third kappa shape index (κ3) is 29.2. The first-order chi connectivity index (χ1) is 44.5. The van der Waals surface area contributed by atoms with Crippen LogP contribution < -0.4 is 0 Å². The molecular formula is C62H62N6O26. The normalized spacial score (nSPS) is 10.5. The number of nitro benzene ring substituents is 6. The van der Waals surface area contributed by atoms with Crippen molar-refractivity contribution in [3.63, 3.8) is 0 Å². The summed E-state index contributed by atoms with van der Waals surface area (Å²) in [5.74, 6) is -2.55. The molecule has 0 aliphatic rings. The van der Waals surface area contributed by atoms with Crippen LogP contribution in [0.1, 0.15) is 93.8 Å². The van der Waals surface area contributed by atoms with Crippen LogP contribution in [0, 0.1) is 60.7 Å². The smallest absolute Gasteiger partial charge is 0.336 e. The van der Waals surface area contributed by atoms with Gasteiger partial charge >= 0.3 is 23.9 Å². The molecule has 0 saturated carbocycles. The van der Waals surface area contributed by atoms with E-state index in [1.165, 1.54) is 140 Å². The summed E-state index contributed by atoms with van der Waals surface area (Å²) in [6, 6.07) is 33.0. The molecule has 32 nitrogen and oxygen atoms in total. The topological polar surface area (TPSA) is 476 Å². The van der Waals surface area contributed by atoms with Crippen molar-refractivity contribution in [3.05, 3.63) is 289 Å². The summed E-state index contributed by atoms with van der Waals surface area (Å²) in [5.41, 5.74) is 0.224. The highest BCUT2D eigenvalue weighted by Crippen LogP contribution is 2.30. The number of ether oxygens (including phenoxy) is 4. The van der Waals surface area contributed by atoms with Gasteiger partial charge in [0.05, 0.1) is 83.8 Å². The molecule has 6 aromatic carbocycles. The van der Waals surface area contributed by atoms with E-state index < -0.39 is 65.8 Å². The minimum atomic E-state index is -1.45. The van der Waals surface area contributed by atoms with Crippen LogP contribution in [-0.2, 0) is 38.1 Å². The fraction of sp³-hybridized carbons (Fsp3) is 0.177. The Bertz CT molecular complexity index is 3670. The number of carbonyl (C=O) groups excluding carboxylic acids is 7. The Balaban J connectivity index is 0.00000109. The van der Waals surface area contributed by atoms with Crippen LogP contribution in [0.4, 0.5) is 34.1 Å². The van der Waals surface area contributed by atoms with E-state index in [1.54, 1.807) is 33.8 Å². The molecule has 0 radical (unpaired) electrons. The highest BCUT2D eigenvalue weighted by atomic mass is 16.6. The van der Waals surface area contributed by atoms with Crippen molar-refractivity contribution >= 4 is 76.9 Å². The largest absolute Gasteiger partial charge is 0.463 e. The number of benzene rings is 6. The second kappa shape index (κ2) is 44.0. The molecule has 496 valence electrons. The molecule has 6 aromatic rings. The lowest BCUT2D eigenvalue weighted by molar-refractivity contribution is -0.386. The zero-order valence-electron chi connectivity index (χ0n) is 50.5. The predicted molar refractivity (Wildman–Crippen MR) is 334 cm³/mol. The number of nitrogens with zero attached hydrogens (tertiary/aromatic N) is 6. The fourth-order valence-corrected chi connectivity index (χ4v) is 6.41. The lowest BCUT2D eigenvalue weighted by atomic mass is 10.0. The van der Waals surface area contributed by atoms with Gasteiger partial charge in [-0.3, -0.25) is 75.1 Å². The number of hydrogen-bond donors (Lipinski definition) is 3. The van der Waals surface area contributed by atoms with Crippen molar-refractivity contribution in [2.75, 3.05) is 26.4 Å². The number of esters is 4. The third-order valence-corrected chi connectivity index (χ3v) is 11.0. The monoisotopic (exact) mass is 1310 g/mol. The van der Waals surface area contributed by atoms with Gasteiger partial charge in [0.1, 0.15) is 30.9 Å². The number of para-hydroxylation sites is 2. The Hall–Kier alpha value is -12.6. The van der Waals surface area contributed by atoms with Gasteiger partial charge in [-0.2, -0.15) is 0 Å². The van der Waals surface area contributed by atoms with Gasteiger partial charge < -0.3 is 34.3 Å². The van der Waals surface area contributed by atoms with Crippen molar-refractivity contribution in [1.29, 1.82) is 0 Å². The number of non-ortho nitro benzene ring substituents is 4. The minimum Gasteiger partial charge on any atom is -0.463 e. The summed E-state index contributed by atoms with van der Waals surface area (Å²) in [4.78, 5) is 134. The van der Waals surface area contributed by atoms with Gasteiger partial charge in [0.2, 0.25) is 0 Å². The van der Waals surface area contributed by atoms with Gasteiger partial charge in [0, 0.05) is 77.9 Å². The number of aliphatic hydroxyl groups is 3. The standard InChI is InChI=1S/3C12H13NO5.3C7H5NO3.C5H8O2/c1-3-18-12(15)8(2)11(14)9-4-6-10(7-5-9)13(16)17;1-3-18-12(15)8(2)11(14)9-5-4-6-10(7-9)13(16)17;1-3-18-12(15)8(2)11(14)9-6-4-5-7-10(9)13(16)17;9-5-6-1-3-7(4-2-6)8(10)11;9-5-6-2-1-3-7(4-6)8(10)11;9-5-6-3-1-2-4-7(6)8(10)11;1-3-5(6)7-4-2/h3*4-7,11,14H,2-3H2,1H3;3*1-5H;3H,1,4H2,2H3. The number of aliphatic hydroxyl groups excluding tert-OH is 3. The van der Waals surface area contributed by atoms with Crippen molar-refractivity contribution < 1.29 is 97.4 Å². The predicted octanol–water partition coefficient (Wildman–Crippen LogP) is 10.2. The Labute approximate surface area is 533 Å². The highest BCUT2D eigenvalue weighted by molar-refractivity contribution is 5.90. The minimum absolute atomic E-state index is 0.00407. The van der Waals surface area contributed by atoms with Crippen LogP contribution in [0.5, 0.6) is 0 Å². The zero-order chi connectivity index (χ0) is 71.6. The second-order valence-corrected chi connectivity index (χ2v) is 17.3. The number of rotatable bonds is 23. The summed E-state index contributed by atoms with van der Waals surface area (Å²) in [7, 11) is 0. The van der Waals surface area contributed by atoms with Crippen LogP contribution in [0.25, 0.3) is 0 Å². The van der Waals surface area contributed by atoms with E-state index in [1.807, 2.05) is 0 Å². The third-order valence-electron chi connectivity index (χ3n) is 11.0. The van der Waals surface area contributed by atoms with Crippen LogP contribution >= 0.6 is 0 Å². The maximum Gasteiger partial charge on any atom is 0.336 e. The molecule has 94 heavy (non-hydrogen) atoms. The maximum atomic E-state index is 11.4. The van der Waals surface area contributed by atoms with E-state index in [2.05, 4.69) is 35.8 Å². The van der Waals surface area contributed by atoms with Gasteiger partial charge in [0.25, 0.3) is 34.1 Å². The van der Waals surface area contributed by atoms with Gasteiger partial charge in [0.15, 0.2) is 6.29 Å². The van der Waals surface area contributed by atoms with Crippen LogP contribution in [0.2, 0.25) is 0 Å². The average molecular weight is 1310 g/mol. The molecule has 0 aromatic heterocycles. The molecule has 3 atom stereocenters. The van der Waals surface area contributed by atoms with Crippen molar-refractivity contribution in [2.45, 2.75) is 46.0 Å². The Morgan fingerprint density at radius 3 is 1.18 bits per heavy atom. The summed E-state index contributed by atoms with van der Waals surface area (Å²) in [5, 5.41) is 92.0. The lowest BCUT2D eigenvalue weighted by Crippen LogP contribution is -2.14. The molecule has 3 unspecified atom stereocenters. The van der Waals surface area contributed by atoms with E-state index in [4.69, 9.17) is 9.47 Å². The Kier molecular flexibility index (Phi) is 38.1. The summed E-state index contributed by atoms with van der Waals surface area (Å²) in [6.07, 6.45) is -1.17. The molecule has 0 spiro atoms. The average Bonchev–Trinajstić information content (AvgIpc) is 0.884. The lowest BCUT2D eigenvalue weighted by Gasteiger charge is -2.13. The van der Waals surface area contributed by atoms with E-state index >= 15 is 0 Å². The second-order valence-electron chi connectivity index (χ2n) is 17.3. The molecule has 0 aliphatic heterocycles. The molecule has 3 N–H and O–H groups in total. The molecule has 0 heterocycles. The van der Waals surface area contributed by atoms with Gasteiger partial charge in [-0.25, -0.2) is 19.2 Å². The molecule has 32 heteroatoms. The van der Waals surface area contributed by atoms with E-state index in [-0.39, 0.29) is 93.3 Å². The summed E-state index contributed by atoms with van der Waals surface area (Å²) in [6.45, 7) is 21.0. The van der Waals surface area contributed by atoms with Crippen molar-refractivity contribution in [3.8, 4) is 0 Å². The molecule has 0 aliphatic carbocycles. The maximum absolute atomic E-state index is 11.4. The number of aldehydes is 3. The summed E-state index contributed by atoms with van der Waals surface area (Å²) >= 11 is 0. The Morgan fingerprint density at radius 2 is 0.798 bits per heavy atom. The van der Waals surface area contributed by atoms with Crippen molar-refractivity contribution in [1.82, 2.24) is 0 Å². The first kappa shape index (κ1) is 81.4. The fourth-order valence-electron chi connectivity index (χ4n) is 6.41. The molecule has 6 rings (SSSR count). The first-order valence-corrected chi connectivity index (χ1v) is 26.7. The first-order valence-electron chi connectivity index (χ1n) is 26.7.